The summed E-state index contributed by atoms with van der Waals surface area (Å²) in [7, 11) is 0. The molecule has 0 N–H and O–H groups in total. The second-order valence-corrected chi connectivity index (χ2v) is 3.53. The molecule has 0 aliphatic heterocycles. The Kier molecular flexibility index (Phi) is 3.05. The molecule has 0 amide bonds. The van der Waals surface area contributed by atoms with Crippen LogP contribution < -0.4 is 0 Å². The van der Waals surface area contributed by atoms with Crippen LogP contribution in [0.25, 0.3) is 0 Å². The monoisotopic (exact) mass is 215 g/mol. The van der Waals surface area contributed by atoms with Crippen LogP contribution in [-0.2, 0) is 6.42 Å². The highest BCUT2D eigenvalue weighted by molar-refractivity contribution is 5.48. The molecule has 0 spiro atoms. The molecule has 0 bridgehead atoms. The van der Waals surface area contributed by atoms with Gasteiger partial charge in [-0.25, -0.2) is 4.39 Å². The molecule has 0 saturated carbocycles. The van der Waals surface area contributed by atoms with Crippen LogP contribution in [0.4, 0.5) is 10.1 Å². The number of benzene rings is 2. The largest absolute Gasteiger partial charge is 0.207 e. The number of nitroso groups, excluding NO2 is 1. The fraction of sp³-hybridized carbons (Fsp3) is 0.0769. The van der Waals surface area contributed by atoms with E-state index in [1.807, 2.05) is 30.3 Å². The average Bonchev–Trinajstić information content (AvgIpc) is 2.31. The number of halogens is 1. The molecule has 16 heavy (non-hydrogen) atoms. The Morgan fingerprint density at radius 3 is 2.50 bits per heavy atom. The van der Waals surface area contributed by atoms with E-state index in [1.165, 1.54) is 18.2 Å². The second kappa shape index (κ2) is 4.66. The van der Waals surface area contributed by atoms with E-state index in [4.69, 9.17) is 0 Å². The molecule has 0 aliphatic rings. The summed E-state index contributed by atoms with van der Waals surface area (Å²) in [5.74, 6) is -0.349. The van der Waals surface area contributed by atoms with Gasteiger partial charge in [0, 0.05) is 0 Å². The molecule has 0 aliphatic carbocycles. The van der Waals surface area contributed by atoms with Crippen molar-refractivity contribution in [2.45, 2.75) is 6.42 Å². The fourth-order valence-corrected chi connectivity index (χ4v) is 1.60. The normalized spacial score (nSPS) is 10.1. The first-order valence-electron chi connectivity index (χ1n) is 4.95. The van der Waals surface area contributed by atoms with E-state index in [1.54, 1.807) is 0 Å². The maximum Gasteiger partial charge on any atom is 0.123 e. The van der Waals surface area contributed by atoms with E-state index >= 15 is 0 Å². The number of hydrogen-bond donors (Lipinski definition) is 0. The SMILES string of the molecule is O=Nc1ccc(F)cc1Cc1ccccc1. The lowest BCUT2D eigenvalue weighted by molar-refractivity contribution is 0.626. The van der Waals surface area contributed by atoms with Crippen molar-refractivity contribution in [3.63, 3.8) is 0 Å². The van der Waals surface area contributed by atoms with Gasteiger partial charge < -0.3 is 0 Å². The Hall–Kier alpha value is -2.03. The highest BCUT2D eigenvalue weighted by Crippen LogP contribution is 2.22. The minimum atomic E-state index is -0.349. The third-order valence-corrected chi connectivity index (χ3v) is 2.38. The molecule has 2 aromatic rings. The van der Waals surface area contributed by atoms with E-state index in [-0.39, 0.29) is 5.82 Å². The maximum atomic E-state index is 13.0. The Morgan fingerprint density at radius 1 is 1.06 bits per heavy atom. The summed E-state index contributed by atoms with van der Waals surface area (Å²) in [4.78, 5) is 10.6. The molecule has 0 heterocycles. The zero-order chi connectivity index (χ0) is 11.4. The zero-order valence-corrected chi connectivity index (χ0v) is 8.56. The lowest BCUT2D eigenvalue weighted by atomic mass is 10.0. The summed E-state index contributed by atoms with van der Waals surface area (Å²) >= 11 is 0. The average molecular weight is 215 g/mol. The van der Waals surface area contributed by atoms with Crippen molar-refractivity contribution in [1.82, 2.24) is 0 Å². The van der Waals surface area contributed by atoms with Gasteiger partial charge in [0.25, 0.3) is 0 Å². The van der Waals surface area contributed by atoms with Crippen molar-refractivity contribution in [3.8, 4) is 0 Å². The first-order chi connectivity index (χ1) is 7.79. The number of hydrogen-bond acceptors (Lipinski definition) is 2. The fourth-order valence-electron chi connectivity index (χ4n) is 1.60. The molecule has 2 rings (SSSR count). The van der Waals surface area contributed by atoms with Crippen molar-refractivity contribution >= 4 is 5.69 Å². The van der Waals surface area contributed by atoms with Crippen LogP contribution in [-0.4, -0.2) is 0 Å². The van der Waals surface area contributed by atoms with Crippen LogP contribution in [0.15, 0.2) is 53.7 Å². The van der Waals surface area contributed by atoms with Crippen molar-refractivity contribution in [3.05, 3.63) is 70.4 Å². The molecule has 0 aromatic heterocycles. The van der Waals surface area contributed by atoms with Crippen molar-refractivity contribution in [1.29, 1.82) is 0 Å². The standard InChI is InChI=1S/C13H10FNO/c14-12-6-7-13(15-16)11(9-12)8-10-4-2-1-3-5-10/h1-7,9H,8H2. The summed E-state index contributed by atoms with van der Waals surface area (Å²) < 4.78 is 13.0. The molecule has 0 atom stereocenters. The molecule has 0 radical (unpaired) electrons. The van der Waals surface area contributed by atoms with Crippen molar-refractivity contribution in [2.24, 2.45) is 5.18 Å². The minimum absolute atomic E-state index is 0.297. The van der Waals surface area contributed by atoms with Crippen LogP contribution in [0, 0.1) is 10.7 Å². The van der Waals surface area contributed by atoms with Gasteiger partial charge in [-0.1, -0.05) is 30.3 Å². The predicted octanol–water partition coefficient (Wildman–Crippen LogP) is 3.81. The lowest BCUT2D eigenvalue weighted by Gasteiger charge is -2.03. The lowest BCUT2D eigenvalue weighted by Crippen LogP contribution is -1.89. The molecule has 0 unspecified atom stereocenters. The molecule has 0 saturated heterocycles. The minimum Gasteiger partial charge on any atom is -0.207 e. The Labute approximate surface area is 92.7 Å². The summed E-state index contributed by atoms with van der Waals surface area (Å²) in [5, 5.41) is 2.89. The summed E-state index contributed by atoms with van der Waals surface area (Å²) in [6, 6.07) is 13.6. The highest BCUT2D eigenvalue weighted by Gasteiger charge is 2.05. The third-order valence-electron chi connectivity index (χ3n) is 2.38. The number of rotatable bonds is 3. The van der Waals surface area contributed by atoms with E-state index in [2.05, 4.69) is 5.18 Å². The Bertz CT molecular complexity index is 497. The van der Waals surface area contributed by atoms with Crippen LogP contribution >= 0.6 is 0 Å². The van der Waals surface area contributed by atoms with Gasteiger partial charge in [-0.05, 0) is 40.9 Å². The van der Waals surface area contributed by atoms with Crippen molar-refractivity contribution in [2.75, 3.05) is 0 Å². The van der Waals surface area contributed by atoms with E-state index in [9.17, 15) is 9.30 Å². The molecule has 2 aromatic carbocycles. The molecule has 3 heteroatoms. The molecule has 0 fully saturated rings. The van der Waals surface area contributed by atoms with Gasteiger partial charge in [0.05, 0.1) is 0 Å². The predicted molar refractivity (Wildman–Crippen MR) is 61.1 cm³/mol. The number of nitrogens with zero attached hydrogens (tertiary/aromatic N) is 1. The van der Waals surface area contributed by atoms with Gasteiger partial charge in [-0.15, -0.1) is 4.91 Å². The second-order valence-electron chi connectivity index (χ2n) is 3.53. The quantitative estimate of drug-likeness (QED) is 0.716. The third kappa shape index (κ3) is 2.31. The molecular weight excluding hydrogens is 205 g/mol. The van der Waals surface area contributed by atoms with Gasteiger partial charge in [-0.2, -0.15) is 0 Å². The van der Waals surface area contributed by atoms with Gasteiger partial charge in [0.15, 0.2) is 0 Å². The van der Waals surface area contributed by atoms with E-state index < -0.39 is 0 Å². The van der Waals surface area contributed by atoms with Crippen LogP contribution in [0.2, 0.25) is 0 Å². The summed E-state index contributed by atoms with van der Waals surface area (Å²) in [6.45, 7) is 0. The van der Waals surface area contributed by atoms with E-state index in [0.717, 1.165) is 5.56 Å². The van der Waals surface area contributed by atoms with Crippen LogP contribution in [0.1, 0.15) is 11.1 Å². The Balaban J connectivity index is 2.33. The topological polar surface area (TPSA) is 29.4 Å². The molecule has 80 valence electrons. The smallest absolute Gasteiger partial charge is 0.123 e. The first kappa shape index (κ1) is 10.5. The summed E-state index contributed by atoms with van der Waals surface area (Å²) in [5.41, 5.74) is 1.93. The van der Waals surface area contributed by atoms with Gasteiger partial charge in [0.2, 0.25) is 0 Å². The van der Waals surface area contributed by atoms with Gasteiger partial charge in [-0.3, -0.25) is 0 Å². The molecule has 2 nitrogen and oxygen atoms in total. The van der Waals surface area contributed by atoms with Crippen LogP contribution in [0.5, 0.6) is 0 Å². The molecular formula is C13H10FNO. The highest BCUT2D eigenvalue weighted by atomic mass is 19.1. The Morgan fingerprint density at radius 2 is 1.81 bits per heavy atom. The summed E-state index contributed by atoms with van der Waals surface area (Å²) in [6.07, 6.45) is 0.514. The zero-order valence-electron chi connectivity index (χ0n) is 8.56. The van der Waals surface area contributed by atoms with Crippen LogP contribution in [0.3, 0.4) is 0 Å². The maximum absolute atomic E-state index is 13.0. The van der Waals surface area contributed by atoms with Crippen molar-refractivity contribution < 1.29 is 4.39 Å². The van der Waals surface area contributed by atoms with Gasteiger partial charge >= 0.3 is 0 Å². The first-order valence-corrected chi connectivity index (χ1v) is 4.95. The van der Waals surface area contributed by atoms with E-state index in [0.29, 0.717) is 17.7 Å². The van der Waals surface area contributed by atoms with Gasteiger partial charge in [0.1, 0.15) is 11.5 Å².